The molecule has 0 spiro atoms. The topological polar surface area (TPSA) is 69.9 Å². The number of hydrogen-bond donors (Lipinski definition) is 1. The number of nitrogens with two attached hydrogens (primary N) is 1. The number of hydrogen-bond acceptors (Lipinski definition) is 4. The molecule has 0 aliphatic rings. The second-order valence-corrected chi connectivity index (χ2v) is 4.50. The van der Waals surface area contributed by atoms with Crippen molar-refractivity contribution in [2.24, 2.45) is 5.73 Å². The van der Waals surface area contributed by atoms with Crippen molar-refractivity contribution in [3.63, 3.8) is 0 Å². The first-order chi connectivity index (χ1) is 9.30. The van der Waals surface area contributed by atoms with Crippen LogP contribution in [-0.4, -0.2) is 14.7 Å². The predicted octanol–water partition coefficient (Wildman–Crippen LogP) is 2.09. The Morgan fingerprint density at radius 3 is 2.95 bits per heavy atom. The molecule has 0 amide bonds. The number of aromatic nitrogens is 3. The Morgan fingerprint density at radius 1 is 1.32 bits per heavy atom. The van der Waals surface area contributed by atoms with Crippen LogP contribution in [0.1, 0.15) is 24.2 Å². The Kier molecular flexibility index (Phi) is 3.05. The van der Waals surface area contributed by atoms with Gasteiger partial charge in [-0.25, -0.2) is 0 Å². The monoisotopic (exact) mass is 256 g/mol. The second kappa shape index (κ2) is 4.85. The fourth-order valence-corrected chi connectivity index (χ4v) is 2.16. The zero-order chi connectivity index (χ0) is 13.2. The third kappa shape index (κ3) is 2.24. The SMILES string of the molecule is CCc1noc(Cn2ccc3cc(CN)ccc32)n1. The summed E-state index contributed by atoms with van der Waals surface area (Å²) in [5.41, 5.74) is 7.93. The van der Waals surface area contributed by atoms with E-state index in [9.17, 15) is 0 Å². The van der Waals surface area contributed by atoms with Crippen molar-refractivity contribution >= 4 is 10.9 Å². The van der Waals surface area contributed by atoms with Gasteiger partial charge in [0.2, 0.25) is 5.89 Å². The van der Waals surface area contributed by atoms with E-state index in [4.69, 9.17) is 10.3 Å². The summed E-state index contributed by atoms with van der Waals surface area (Å²) in [6, 6.07) is 8.31. The van der Waals surface area contributed by atoms with Gasteiger partial charge in [-0.2, -0.15) is 4.98 Å². The van der Waals surface area contributed by atoms with Crippen LogP contribution in [0, 0.1) is 0 Å². The zero-order valence-corrected chi connectivity index (χ0v) is 10.8. The van der Waals surface area contributed by atoms with Gasteiger partial charge in [0.05, 0.1) is 0 Å². The largest absolute Gasteiger partial charge is 0.338 e. The lowest BCUT2D eigenvalue weighted by Crippen LogP contribution is -1.99. The zero-order valence-electron chi connectivity index (χ0n) is 10.8. The lowest BCUT2D eigenvalue weighted by molar-refractivity contribution is 0.368. The van der Waals surface area contributed by atoms with E-state index in [2.05, 4.69) is 32.9 Å². The Bertz CT molecular complexity index is 698. The van der Waals surface area contributed by atoms with Crippen molar-refractivity contribution in [2.75, 3.05) is 0 Å². The molecule has 5 nitrogen and oxygen atoms in total. The van der Waals surface area contributed by atoms with E-state index >= 15 is 0 Å². The van der Waals surface area contributed by atoms with Crippen LogP contribution in [0.5, 0.6) is 0 Å². The summed E-state index contributed by atoms with van der Waals surface area (Å²) in [6.07, 6.45) is 2.82. The first-order valence-electron chi connectivity index (χ1n) is 6.39. The molecule has 0 unspecified atom stereocenters. The molecule has 0 saturated heterocycles. The van der Waals surface area contributed by atoms with E-state index in [0.29, 0.717) is 19.0 Å². The average Bonchev–Trinajstić information content (AvgIpc) is 3.06. The first kappa shape index (κ1) is 11.9. The molecular formula is C14H16N4O. The fraction of sp³-hybridized carbons (Fsp3) is 0.286. The van der Waals surface area contributed by atoms with Crippen molar-refractivity contribution in [1.29, 1.82) is 0 Å². The highest BCUT2D eigenvalue weighted by atomic mass is 16.5. The predicted molar refractivity (Wildman–Crippen MR) is 72.6 cm³/mol. The summed E-state index contributed by atoms with van der Waals surface area (Å²) in [5, 5.41) is 5.09. The third-order valence-corrected chi connectivity index (χ3v) is 3.20. The van der Waals surface area contributed by atoms with Crippen molar-refractivity contribution in [3.8, 4) is 0 Å². The molecule has 0 aliphatic carbocycles. The Labute approximate surface area is 111 Å². The summed E-state index contributed by atoms with van der Waals surface area (Å²) in [5.74, 6) is 1.38. The standard InChI is InChI=1S/C14H16N4O/c1-2-13-16-14(19-17-13)9-18-6-5-11-7-10(8-15)3-4-12(11)18/h3-7H,2,8-9,15H2,1H3. The second-order valence-electron chi connectivity index (χ2n) is 4.50. The van der Waals surface area contributed by atoms with E-state index < -0.39 is 0 Å². The van der Waals surface area contributed by atoms with Gasteiger partial charge >= 0.3 is 0 Å². The molecule has 0 radical (unpaired) electrons. The summed E-state index contributed by atoms with van der Waals surface area (Å²) in [7, 11) is 0. The molecule has 98 valence electrons. The average molecular weight is 256 g/mol. The van der Waals surface area contributed by atoms with Crippen LogP contribution in [0.15, 0.2) is 35.0 Å². The van der Waals surface area contributed by atoms with Crippen LogP contribution in [-0.2, 0) is 19.5 Å². The van der Waals surface area contributed by atoms with Crippen LogP contribution in [0.2, 0.25) is 0 Å². The number of nitrogens with zero attached hydrogens (tertiary/aromatic N) is 3. The molecule has 0 atom stereocenters. The number of fused-ring (bicyclic) bond motifs is 1. The number of rotatable bonds is 4. The normalized spacial score (nSPS) is 11.3. The van der Waals surface area contributed by atoms with Gasteiger partial charge in [0.25, 0.3) is 0 Å². The molecule has 3 rings (SSSR count). The molecular weight excluding hydrogens is 240 g/mol. The van der Waals surface area contributed by atoms with Gasteiger partial charge < -0.3 is 14.8 Å². The third-order valence-electron chi connectivity index (χ3n) is 3.20. The molecule has 3 aromatic rings. The molecule has 2 aromatic heterocycles. The van der Waals surface area contributed by atoms with E-state index in [1.54, 1.807) is 0 Å². The van der Waals surface area contributed by atoms with Gasteiger partial charge in [-0.05, 0) is 29.1 Å². The minimum atomic E-state index is 0.560. The van der Waals surface area contributed by atoms with Crippen LogP contribution in [0.4, 0.5) is 0 Å². The van der Waals surface area contributed by atoms with Crippen molar-refractivity contribution in [2.45, 2.75) is 26.4 Å². The minimum absolute atomic E-state index is 0.560. The van der Waals surface area contributed by atoms with Gasteiger partial charge in [0, 0.05) is 24.7 Å². The molecule has 1 aromatic carbocycles. The fourth-order valence-electron chi connectivity index (χ4n) is 2.16. The van der Waals surface area contributed by atoms with Crippen LogP contribution in [0.3, 0.4) is 0 Å². The summed E-state index contributed by atoms with van der Waals surface area (Å²) in [4.78, 5) is 4.33. The Morgan fingerprint density at radius 2 is 2.21 bits per heavy atom. The van der Waals surface area contributed by atoms with E-state index in [0.717, 1.165) is 23.3 Å². The van der Waals surface area contributed by atoms with E-state index in [1.165, 1.54) is 5.39 Å². The highest BCUT2D eigenvalue weighted by molar-refractivity contribution is 5.80. The van der Waals surface area contributed by atoms with Crippen molar-refractivity contribution in [3.05, 3.63) is 47.7 Å². The maximum atomic E-state index is 5.65. The van der Waals surface area contributed by atoms with Gasteiger partial charge in [-0.3, -0.25) is 0 Å². The minimum Gasteiger partial charge on any atom is -0.338 e. The number of benzene rings is 1. The smallest absolute Gasteiger partial charge is 0.246 e. The van der Waals surface area contributed by atoms with Gasteiger partial charge in [-0.1, -0.05) is 18.1 Å². The van der Waals surface area contributed by atoms with Gasteiger partial charge in [0.15, 0.2) is 5.82 Å². The Balaban J connectivity index is 1.92. The van der Waals surface area contributed by atoms with Crippen LogP contribution >= 0.6 is 0 Å². The number of aryl methyl sites for hydroxylation is 1. The first-order valence-corrected chi connectivity index (χ1v) is 6.39. The molecule has 5 heteroatoms. The van der Waals surface area contributed by atoms with Gasteiger partial charge in [0.1, 0.15) is 6.54 Å². The molecule has 0 aliphatic heterocycles. The van der Waals surface area contributed by atoms with E-state index in [1.807, 2.05) is 19.2 Å². The molecule has 0 fully saturated rings. The lowest BCUT2D eigenvalue weighted by atomic mass is 10.1. The van der Waals surface area contributed by atoms with E-state index in [-0.39, 0.29) is 0 Å². The molecule has 0 saturated carbocycles. The Hall–Kier alpha value is -2.14. The maximum absolute atomic E-state index is 5.65. The highest BCUT2D eigenvalue weighted by Gasteiger charge is 2.08. The molecule has 19 heavy (non-hydrogen) atoms. The summed E-state index contributed by atoms with van der Waals surface area (Å²) < 4.78 is 7.32. The molecule has 2 N–H and O–H groups in total. The summed E-state index contributed by atoms with van der Waals surface area (Å²) in [6.45, 7) is 3.16. The van der Waals surface area contributed by atoms with Gasteiger partial charge in [-0.15, -0.1) is 0 Å². The summed E-state index contributed by atoms with van der Waals surface area (Å²) >= 11 is 0. The van der Waals surface area contributed by atoms with Crippen LogP contribution in [0.25, 0.3) is 10.9 Å². The highest BCUT2D eigenvalue weighted by Crippen LogP contribution is 2.18. The maximum Gasteiger partial charge on any atom is 0.246 e. The molecule has 2 heterocycles. The lowest BCUT2D eigenvalue weighted by Gasteiger charge is -2.02. The molecule has 0 bridgehead atoms. The van der Waals surface area contributed by atoms with Crippen molar-refractivity contribution in [1.82, 2.24) is 14.7 Å². The van der Waals surface area contributed by atoms with Crippen LogP contribution < -0.4 is 5.73 Å². The van der Waals surface area contributed by atoms with Crippen molar-refractivity contribution < 1.29 is 4.52 Å². The quantitative estimate of drug-likeness (QED) is 0.776.